The van der Waals surface area contributed by atoms with Crippen LogP contribution in [0, 0.1) is 0 Å². The highest BCUT2D eigenvalue weighted by molar-refractivity contribution is 7.93. The molecule has 0 bridgehead atoms. The van der Waals surface area contributed by atoms with Gasteiger partial charge in [0, 0.05) is 5.54 Å². The van der Waals surface area contributed by atoms with E-state index in [4.69, 9.17) is 0 Å². The van der Waals surface area contributed by atoms with Gasteiger partial charge in [-0.25, -0.2) is 17.2 Å². The van der Waals surface area contributed by atoms with E-state index in [1.165, 1.54) is 0 Å². The van der Waals surface area contributed by atoms with E-state index in [0.717, 1.165) is 0 Å². The molecule has 20 heavy (non-hydrogen) atoms. The van der Waals surface area contributed by atoms with Crippen LogP contribution in [0.1, 0.15) is 26.3 Å². The van der Waals surface area contributed by atoms with E-state index in [1.54, 1.807) is 51.1 Å². The van der Waals surface area contributed by atoms with Gasteiger partial charge >= 0.3 is 0 Å². The van der Waals surface area contributed by atoms with E-state index in [2.05, 4.69) is 5.32 Å². The fourth-order valence-electron chi connectivity index (χ4n) is 1.61. The first kappa shape index (κ1) is 16.6. The van der Waals surface area contributed by atoms with Gasteiger partial charge in [0.1, 0.15) is 0 Å². The number of hydrogen-bond acceptors (Lipinski definition) is 3. The van der Waals surface area contributed by atoms with E-state index in [0.29, 0.717) is 11.0 Å². The summed E-state index contributed by atoms with van der Waals surface area (Å²) in [5.41, 5.74) is -0.647. The average molecular weight is 303 g/mol. The van der Waals surface area contributed by atoms with Crippen LogP contribution in [0.15, 0.2) is 41.4 Å². The molecular formula is C14H19F2NO2S. The third-order valence-corrected chi connectivity index (χ3v) is 3.62. The molecule has 0 unspecified atom stereocenters. The Labute approximate surface area is 118 Å². The predicted molar refractivity (Wildman–Crippen MR) is 76.0 cm³/mol. The topological polar surface area (TPSA) is 46.2 Å². The summed E-state index contributed by atoms with van der Waals surface area (Å²) in [6, 6.07) is 8.46. The van der Waals surface area contributed by atoms with Crippen LogP contribution in [-0.2, 0) is 15.6 Å². The Morgan fingerprint density at radius 1 is 1.25 bits per heavy atom. The average Bonchev–Trinajstić information content (AvgIpc) is 2.26. The highest BCUT2D eigenvalue weighted by Crippen LogP contribution is 2.15. The standard InChI is InChI=1S/C14H19F2NO2S/c1-14(2,3)17-12(13(15)16)10-20(18,19)9-11-7-5-4-6-8-11/h4-8,10,13,17H,9H2,1-3H3. The number of sulfone groups is 1. The van der Waals surface area contributed by atoms with E-state index < -0.39 is 27.5 Å². The fourth-order valence-corrected chi connectivity index (χ4v) is 2.90. The van der Waals surface area contributed by atoms with Crippen LogP contribution in [0.5, 0.6) is 0 Å². The zero-order valence-electron chi connectivity index (χ0n) is 11.7. The van der Waals surface area contributed by atoms with Crippen molar-refractivity contribution in [2.75, 3.05) is 0 Å². The molecule has 0 heterocycles. The van der Waals surface area contributed by atoms with Gasteiger partial charge in [-0.1, -0.05) is 30.3 Å². The van der Waals surface area contributed by atoms with Crippen LogP contribution >= 0.6 is 0 Å². The Morgan fingerprint density at radius 3 is 2.25 bits per heavy atom. The van der Waals surface area contributed by atoms with Crippen molar-refractivity contribution in [2.24, 2.45) is 0 Å². The summed E-state index contributed by atoms with van der Waals surface area (Å²) >= 11 is 0. The van der Waals surface area contributed by atoms with Crippen molar-refractivity contribution in [3.8, 4) is 0 Å². The normalized spacial score (nSPS) is 13.6. The lowest BCUT2D eigenvalue weighted by molar-refractivity contribution is 0.172. The molecule has 1 N–H and O–H groups in total. The van der Waals surface area contributed by atoms with E-state index in [1.807, 2.05) is 0 Å². The van der Waals surface area contributed by atoms with Gasteiger partial charge in [-0.2, -0.15) is 0 Å². The van der Waals surface area contributed by atoms with Crippen LogP contribution < -0.4 is 5.32 Å². The third-order valence-electron chi connectivity index (χ3n) is 2.27. The quantitative estimate of drug-likeness (QED) is 0.909. The summed E-state index contributed by atoms with van der Waals surface area (Å²) in [6.07, 6.45) is -2.86. The summed E-state index contributed by atoms with van der Waals surface area (Å²) in [5, 5.41) is 3.16. The zero-order chi connectivity index (χ0) is 15.4. The minimum atomic E-state index is -3.76. The highest BCUT2D eigenvalue weighted by Gasteiger charge is 2.21. The van der Waals surface area contributed by atoms with Crippen molar-refractivity contribution in [3.63, 3.8) is 0 Å². The molecule has 0 radical (unpaired) electrons. The predicted octanol–water partition coefficient (Wildman–Crippen LogP) is 3.10. The maximum Gasteiger partial charge on any atom is 0.278 e. The van der Waals surface area contributed by atoms with E-state index in [9.17, 15) is 17.2 Å². The largest absolute Gasteiger partial charge is 0.379 e. The molecule has 1 aromatic rings. The molecule has 0 aromatic heterocycles. The minimum absolute atomic E-state index is 0.296. The minimum Gasteiger partial charge on any atom is -0.379 e. The van der Waals surface area contributed by atoms with E-state index in [-0.39, 0.29) is 5.75 Å². The fraction of sp³-hybridized carbons (Fsp3) is 0.429. The molecule has 1 rings (SSSR count). The van der Waals surface area contributed by atoms with Crippen molar-refractivity contribution in [3.05, 3.63) is 47.0 Å². The second kappa shape index (κ2) is 6.35. The number of alkyl halides is 2. The van der Waals surface area contributed by atoms with Crippen LogP contribution in [0.3, 0.4) is 0 Å². The van der Waals surface area contributed by atoms with Gasteiger partial charge in [0.15, 0.2) is 9.84 Å². The Kier molecular flexibility index (Phi) is 5.28. The molecule has 6 heteroatoms. The molecule has 0 atom stereocenters. The summed E-state index contributed by atoms with van der Waals surface area (Å²) < 4.78 is 49.7. The van der Waals surface area contributed by atoms with Gasteiger partial charge in [-0.15, -0.1) is 0 Å². The van der Waals surface area contributed by atoms with Gasteiger partial charge in [0.25, 0.3) is 6.43 Å². The van der Waals surface area contributed by atoms with E-state index >= 15 is 0 Å². The molecule has 0 amide bonds. The lowest BCUT2D eigenvalue weighted by atomic mass is 10.1. The molecule has 3 nitrogen and oxygen atoms in total. The molecular weight excluding hydrogens is 284 g/mol. The van der Waals surface area contributed by atoms with Crippen molar-refractivity contribution in [1.82, 2.24) is 5.32 Å². The smallest absolute Gasteiger partial charge is 0.278 e. The summed E-state index contributed by atoms with van der Waals surface area (Å²) in [7, 11) is -3.76. The Bertz CT molecular complexity index is 561. The lowest BCUT2D eigenvalue weighted by Gasteiger charge is -2.23. The Hall–Kier alpha value is -1.43. The number of rotatable bonds is 5. The first-order valence-electron chi connectivity index (χ1n) is 6.14. The second-order valence-corrected chi connectivity index (χ2v) is 7.39. The SMILES string of the molecule is CC(C)(C)NC(=CS(=O)(=O)Cc1ccccc1)C(F)F. The molecule has 0 aliphatic rings. The zero-order valence-corrected chi connectivity index (χ0v) is 12.5. The van der Waals surface area contributed by atoms with Gasteiger partial charge < -0.3 is 5.32 Å². The maximum absolute atomic E-state index is 12.9. The molecule has 0 fully saturated rings. The van der Waals surface area contributed by atoms with Crippen LogP contribution in [0.25, 0.3) is 0 Å². The third kappa shape index (κ3) is 6.14. The number of allylic oxidation sites excluding steroid dienone is 1. The molecule has 0 saturated heterocycles. The Balaban J connectivity index is 2.97. The van der Waals surface area contributed by atoms with Gasteiger partial charge in [0.05, 0.1) is 16.9 Å². The van der Waals surface area contributed by atoms with Gasteiger partial charge in [0.2, 0.25) is 0 Å². The van der Waals surface area contributed by atoms with Crippen LogP contribution in [0.4, 0.5) is 8.78 Å². The molecule has 0 spiro atoms. The van der Waals surface area contributed by atoms with Crippen molar-refractivity contribution < 1.29 is 17.2 Å². The van der Waals surface area contributed by atoms with Crippen molar-refractivity contribution in [2.45, 2.75) is 38.5 Å². The maximum atomic E-state index is 12.9. The second-order valence-electron chi connectivity index (χ2n) is 5.54. The molecule has 0 aliphatic carbocycles. The summed E-state index contributed by atoms with van der Waals surface area (Å²) in [5.74, 6) is -0.296. The molecule has 1 aromatic carbocycles. The van der Waals surface area contributed by atoms with Gasteiger partial charge in [-0.05, 0) is 26.3 Å². The van der Waals surface area contributed by atoms with Crippen molar-refractivity contribution in [1.29, 1.82) is 0 Å². The number of benzene rings is 1. The lowest BCUT2D eigenvalue weighted by Crippen LogP contribution is -2.37. The number of nitrogens with one attached hydrogen (secondary N) is 1. The Morgan fingerprint density at radius 2 is 1.80 bits per heavy atom. The van der Waals surface area contributed by atoms with Crippen molar-refractivity contribution >= 4 is 9.84 Å². The number of halogens is 2. The summed E-state index contributed by atoms with van der Waals surface area (Å²) in [4.78, 5) is 0. The first-order valence-corrected chi connectivity index (χ1v) is 7.85. The van der Waals surface area contributed by atoms with Gasteiger partial charge in [-0.3, -0.25) is 0 Å². The highest BCUT2D eigenvalue weighted by atomic mass is 32.2. The summed E-state index contributed by atoms with van der Waals surface area (Å²) in [6.45, 7) is 5.06. The molecule has 0 saturated carbocycles. The molecule has 0 aliphatic heterocycles. The number of hydrogen-bond donors (Lipinski definition) is 1. The first-order chi connectivity index (χ1) is 9.09. The van der Waals surface area contributed by atoms with Crippen LogP contribution in [-0.4, -0.2) is 20.4 Å². The monoisotopic (exact) mass is 303 g/mol. The molecule has 112 valence electrons. The van der Waals surface area contributed by atoms with Crippen LogP contribution in [0.2, 0.25) is 0 Å².